The molecule has 2 heteroatoms. The number of hydrogen-bond acceptors (Lipinski definition) is 2. The van der Waals surface area contributed by atoms with Crippen LogP contribution in [0.4, 0.5) is 0 Å². The molecule has 0 bridgehead atoms. The summed E-state index contributed by atoms with van der Waals surface area (Å²) in [4.78, 5) is 2.99. The summed E-state index contributed by atoms with van der Waals surface area (Å²) < 4.78 is 0. The molecular weight excluding hydrogens is 274 g/mol. The van der Waals surface area contributed by atoms with E-state index in [0.29, 0.717) is 6.04 Å². The van der Waals surface area contributed by atoms with Gasteiger partial charge in [-0.25, -0.2) is 0 Å². The van der Waals surface area contributed by atoms with Gasteiger partial charge in [-0.15, -0.1) is 11.3 Å². The molecule has 1 N–H and O–H groups in total. The van der Waals surface area contributed by atoms with E-state index in [1.165, 1.54) is 28.8 Å². The van der Waals surface area contributed by atoms with E-state index in [9.17, 15) is 0 Å². The molecule has 1 aromatic carbocycles. The van der Waals surface area contributed by atoms with Gasteiger partial charge in [-0.3, -0.25) is 0 Å². The number of rotatable bonds is 6. The molecule has 0 radical (unpaired) electrons. The SMILES string of the molecule is CCCNC(c1sc(C)cc1C)C1CC1c1ccccc1. The van der Waals surface area contributed by atoms with Gasteiger partial charge in [-0.1, -0.05) is 37.3 Å². The van der Waals surface area contributed by atoms with Crippen LogP contribution in [0, 0.1) is 19.8 Å². The van der Waals surface area contributed by atoms with Crippen molar-refractivity contribution in [3.05, 3.63) is 57.3 Å². The van der Waals surface area contributed by atoms with Crippen molar-refractivity contribution in [2.75, 3.05) is 6.54 Å². The minimum atomic E-state index is 0.536. The first-order valence-corrected chi connectivity index (χ1v) is 8.87. The fraction of sp³-hybridized carbons (Fsp3) is 0.474. The molecule has 3 unspecified atom stereocenters. The van der Waals surface area contributed by atoms with Gasteiger partial charge in [0.2, 0.25) is 0 Å². The van der Waals surface area contributed by atoms with Crippen LogP contribution in [0.5, 0.6) is 0 Å². The van der Waals surface area contributed by atoms with Crippen molar-refractivity contribution in [3.63, 3.8) is 0 Å². The van der Waals surface area contributed by atoms with Crippen LogP contribution in [0.25, 0.3) is 0 Å². The molecule has 0 saturated heterocycles. The van der Waals surface area contributed by atoms with Crippen LogP contribution in [-0.2, 0) is 0 Å². The van der Waals surface area contributed by atoms with E-state index in [4.69, 9.17) is 0 Å². The Balaban J connectivity index is 1.80. The van der Waals surface area contributed by atoms with Gasteiger partial charge in [0.05, 0.1) is 0 Å². The van der Waals surface area contributed by atoms with Crippen molar-refractivity contribution in [2.24, 2.45) is 5.92 Å². The maximum atomic E-state index is 3.81. The van der Waals surface area contributed by atoms with Crippen LogP contribution < -0.4 is 5.32 Å². The molecule has 0 aliphatic heterocycles. The maximum absolute atomic E-state index is 3.81. The van der Waals surface area contributed by atoms with Gasteiger partial charge >= 0.3 is 0 Å². The maximum Gasteiger partial charge on any atom is 0.0452 e. The summed E-state index contributed by atoms with van der Waals surface area (Å²) in [6.07, 6.45) is 2.52. The summed E-state index contributed by atoms with van der Waals surface area (Å²) in [5.41, 5.74) is 2.97. The molecule has 1 aliphatic carbocycles. The van der Waals surface area contributed by atoms with Crippen LogP contribution in [-0.4, -0.2) is 6.54 Å². The Hall–Kier alpha value is -1.12. The second kappa shape index (κ2) is 6.33. The van der Waals surface area contributed by atoms with Crippen molar-refractivity contribution in [1.29, 1.82) is 0 Å². The Labute approximate surface area is 132 Å². The van der Waals surface area contributed by atoms with Gasteiger partial charge in [0.1, 0.15) is 0 Å². The van der Waals surface area contributed by atoms with Crippen molar-refractivity contribution < 1.29 is 0 Å². The van der Waals surface area contributed by atoms with Crippen molar-refractivity contribution in [1.82, 2.24) is 5.32 Å². The van der Waals surface area contributed by atoms with E-state index in [1.54, 1.807) is 4.88 Å². The monoisotopic (exact) mass is 299 g/mol. The van der Waals surface area contributed by atoms with Gasteiger partial charge in [0.25, 0.3) is 0 Å². The number of thiophene rings is 1. The van der Waals surface area contributed by atoms with Gasteiger partial charge in [0, 0.05) is 15.8 Å². The molecule has 3 atom stereocenters. The second-order valence-electron chi connectivity index (χ2n) is 6.25. The minimum absolute atomic E-state index is 0.536. The van der Waals surface area contributed by atoms with Crippen LogP contribution in [0.3, 0.4) is 0 Å². The summed E-state index contributed by atoms with van der Waals surface area (Å²) in [6.45, 7) is 7.84. The minimum Gasteiger partial charge on any atom is -0.309 e. The smallest absolute Gasteiger partial charge is 0.0452 e. The average Bonchev–Trinajstić information content (AvgIpc) is 3.20. The highest BCUT2D eigenvalue weighted by atomic mass is 32.1. The second-order valence-corrected chi connectivity index (χ2v) is 7.54. The number of benzene rings is 1. The lowest BCUT2D eigenvalue weighted by atomic mass is 10.0. The van der Waals surface area contributed by atoms with Crippen LogP contribution in [0.2, 0.25) is 0 Å². The predicted octanol–water partition coefficient (Wildman–Crippen LogP) is 5.21. The van der Waals surface area contributed by atoms with E-state index >= 15 is 0 Å². The highest BCUT2D eigenvalue weighted by Gasteiger charge is 2.44. The Morgan fingerprint density at radius 1 is 1.24 bits per heavy atom. The molecular formula is C19H25NS. The highest BCUT2D eigenvalue weighted by Crippen LogP contribution is 2.55. The van der Waals surface area contributed by atoms with Crippen molar-refractivity contribution >= 4 is 11.3 Å². The first-order chi connectivity index (χ1) is 10.2. The molecule has 21 heavy (non-hydrogen) atoms. The fourth-order valence-electron chi connectivity index (χ4n) is 3.37. The average molecular weight is 299 g/mol. The zero-order valence-electron chi connectivity index (χ0n) is 13.2. The zero-order chi connectivity index (χ0) is 14.8. The lowest BCUT2D eigenvalue weighted by Gasteiger charge is -2.19. The molecule has 1 fully saturated rings. The summed E-state index contributed by atoms with van der Waals surface area (Å²) >= 11 is 1.98. The third-order valence-corrected chi connectivity index (χ3v) is 5.71. The van der Waals surface area contributed by atoms with Gasteiger partial charge in [-0.2, -0.15) is 0 Å². The molecule has 1 nitrogen and oxygen atoms in total. The first-order valence-electron chi connectivity index (χ1n) is 8.06. The molecule has 112 valence electrons. The molecule has 0 amide bonds. The van der Waals surface area contributed by atoms with Crippen molar-refractivity contribution in [2.45, 2.75) is 45.6 Å². The van der Waals surface area contributed by atoms with E-state index in [-0.39, 0.29) is 0 Å². The lowest BCUT2D eigenvalue weighted by Crippen LogP contribution is -2.24. The third-order valence-electron chi connectivity index (χ3n) is 4.47. The van der Waals surface area contributed by atoms with E-state index in [1.807, 2.05) is 11.3 Å². The lowest BCUT2D eigenvalue weighted by molar-refractivity contribution is 0.478. The Bertz CT molecular complexity index is 587. The molecule has 3 rings (SSSR count). The topological polar surface area (TPSA) is 12.0 Å². The number of hydrogen-bond donors (Lipinski definition) is 1. The first kappa shape index (κ1) is 14.8. The standard InChI is InChI=1S/C19H25NS/c1-4-10-20-18(19-13(2)11-14(3)21-19)17-12-16(17)15-8-6-5-7-9-15/h5-9,11,16-18,20H,4,10,12H2,1-3H3. The summed E-state index contributed by atoms with van der Waals surface area (Å²) in [5.74, 6) is 1.50. The van der Waals surface area contributed by atoms with Crippen molar-refractivity contribution in [3.8, 4) is 0 Å². The Morgan fingerprint density at radius 2 is 2.00 bits per heavy atom. The highest BCUT2D eigenvalue weighted by molar-refractivity contribution is 7.12. The number of aryl methyl sites for hydroxylation is 2. The van der Waals surface area contributed by atoms with E-state index < -0.39 is 0 Å². The largest absolute Gasteiger partial charge is 0.309 e. The Morgan fingerprint density at radius 3 is 2.62 bits per heavy atom. The summed E-state index contributed by atoms with van der Waals surface area (Å²) in [7, 11) is 0. The van der Waals surface area contributed by atoms with E-state index in [2.05, 4.69) is 62.5 Å². The third kappa shape index (κ3) is 3.22. The summed E-state index contributed by atoms with van der Waals surface area (Å²) in [6, 6.07) is 13.9. The molecule has 1 aliphatic rings. The van der Waals surface area contributed by atoms with Crippen LogP contribution >= 0.6 is 11.3 Å². The Kier molecular flexibility index (Phi) is 4.46. The van der Waals surface area contributed by atoms with Gasteiger partial charge in [0.15, 0.2) is 0 Å². The van der Waals surface area contributed by atoms with Gasteiger partial charge < -0.3 is 5.32 Å². The molecule has 0 spiro atoms. The fourth-order valence-corrected chi connectivity index (χ4v) is 4.56. The molecule has 1 aromatic heterocycles. The normalized spacial score (nSPS) is 22.2. The quantitative estimate of drug-likeness (QED) is 0.772. The molecule has 2 aromatic rings. The zero-order valence-corrected chi connectivity index (χ0v) is 14.0. The molecule has 1 saturated carbocycles. The number of nitrogens with one attached hydrogen (secondary N) is 1. The van der Waals surface area contributed by atoms with Crippen LogP contribution in [0.1, 0.15) is 52.6 Å². The van der Waals surface area contributed by atoms with E-state index in [0.717, 1.165) is 18.4 Å². The predicted molar refractivity (Wildman–Crippen MR) is 92.1 cm³/mol. The molecule has 1 heterocycles. The summed E-state index contributed by atoms with van der Waals surface area (Å²) in [5, 5.41) is 3.81. The van der Waals surface area contributed by atoms with Crippen LogP contribution in [0.15, 0.2) is 36.4 Å². The van der Waals surface area contributed by atoms with Gasteiger partial charge in [-0.05, 0) is 62.3 Å².